The normalized spacial score (nSPS) is 11.1. The van der Waals surface area contributed by atoms with Gasteiger partial charge in [-0.3, -0.25) is 0 Å². The second-order valence-electron chi connectivity index (χ2n) is 14.9. The third-order valence-electron chi connectivity index (χ3n) is 11.3. The van der Waals surface area contributed by atoms with Crippen molar-refractivity contribution < 1.29 is 0 Å². The summed E-state index contributed by atoms with van der Waals surface area (Å²) in [5.41, 5.74) is 17.7. The molecule has 59 heavy (non-hydrogen) atoms. The Labute approximate surface area is 346 Å². The summed E-state index contributed by atoms with van der Waals surface area (Å²) in [6, 6.07) is 89.8. The van der Waals surface area contributed by atoms with Crippen molar-refractivity contribution in [2.75, 3.05) is 4.90 Å². The average molecular weight is 752 g/mol. The van der Waals surface area contributed by atoms with Gasteiger partial charge in [0.2, 0.25) is 0 Å². The van der Waals surface area contributed by atoms with Gasteiger partial charge in [-0.2, -0.15) is 0 Å². The topological polar surface area (TPSA) is 3.24 Å². The second-order valence-corrected chi connectivity index (χ2v) is 14.9. The highest BCUT2D eigenvalue weighted by Gasteiger charge is 2.18. The molecule has 10 aromatic carbocycles. The molecule has 0 aliphatic carbocycles. The predicted molar refractivity (Wildman–Crippen MR) is 251 cm³/mol. The zero-order valence-corrected chi connectivity index (χ0v) is 32.6. The van der Waals surface area contributed by atoms with Crippen molar-refractivity contribution in [1.82, 2.24) is 0 Å². The number of hydrogen-bond acceptors (Lipinski definition) is 1. The van der Waals surface area contributed by atoms with Crippen molar-refractivity contribution in [1.29, 1.82) is 0 Å². The van der Waals surface area contributed by atoms with Gasteiger partial charge in [0.1, 0.15) is 0 Å². The Bertz CT molecular complexity index is 2850. The van der Waals surface area contributed by atoms with Gasteiger partial charge in [0.15, 0.2) is 0 Å². The molecule has 0 spiro atoms. The van der Waals surface area contributed by atoms with Crippen LogP contribution in [0.4, 0.5) is 17.1 Å². The highest BCUT2D eigenvalue weighted by atomic mass is 15.1. The average Bonchev–Trinajstić information content (AvgIpc) is 3.33. The summed E-state index contributed by atoms with van der Waals surface area (Å²) in [6.07, 6.45) is 0. The molecule has 0 saturated carbocycles. The molecule has 0 N–H and O–H groups in total. The first-order chi connectivity index (χ1) is 29.2. The molecule has 0 radical (unpaired) electrons. The van der Waals surface area contributed by atoms with Crippen LogP contribution in [0.5, 0.6) is 0 Å². The number of nitrogens with zero attached hydrogens (tertiary/aromatic N) is 1. The fraction of sp³-hybridized carbons (Fsp3) is 0. The Morgan fingerprint density at radius 2 is 0.559 bits per heavy atom. The molecule has 0 heterocycles. The van der Waals surface area contributed by atoms with E-state index in [1.54, 1.807) is 0 Å². The largest absolute Gasteiger partial charge is 0.310 e. The minimum absolute atomic E-state index is 1.09. The summed E-state index contributed by atoms with van der Waals surface area (Å²) in [7, 11) is 0. The fourth-order valence-electron chi connectivity index (χ4n) is 8.25. The number of benzene rings is 10. The van der Waals surface area contributed by atoms with Crippen LogP contribution >= 0.6 is 0 Å². The third kappa shape index (κ3) is 7.34. The quantitative estimate of drug-likeness (QED) is 0.142. The van der Waals surface area contributed by atoms with E-state index in [0.717, 1.165) is 22.6 Å². The van der Waals surface area contributed by atoms with Crippen molar-refractivity contribution in [2.45, 2.75) is 0 Å². The Kier molecular flexibility index (Phi) is 9.68. The number of fused-ring (bicyclic) bond motifs is 1. The van der Waals surface area contributed by atoms with E-state index in [4.69, 9.17) is 0 Å². The molecule has 10 rings (SSSR count). The lowest BCUT2D eigenvalue weighted by atomic mass is 9.94. The van der Waals surface area contributed by atoms with Crippen LogP contribution in [-0.4, -0.2) is 0 Å². The minimum atomic E-state index is 1.09. The molecule has 0 unspecified atom stereocenters. The number of hydrogen-bond donors (Lipinski definition) is 0. The van der Waals surface area contributed by atoms with Crippen LogP contribution in [0.15, 0.2) is 249 Å². The lowest BCUT2D eigenvalue weighted by Gasteiger charge is -2.28. The Morgan fingerprint density at radius 1 is 0.220 bits per heavy atom. The van der Waals surface area contributed by atoms with Crippen LogP contribution in [0.3, 0.4) is 0 Å². The van der Waals surface area contributed by atoms with E-state index in [1.165, 1.54) is 72.0 Å². The van der Waals surface area contributed by atoms with Gasteiger partial charge < -0.3 is 4.90 Å². The van der Waals surface area contributed by atoms with Gasteiger partial charge in [0.25, 0.3) is 0 Å². The van der Waals surface area contributed by atoms with Gasteiger partial charge in [0.05, 0.1) is 5.69 Å². The summed E-state index contributed by atoms with van der Waals surface area (Å²) in [4.78, 5) is 2.39. The molecule has 0 saturated heterocycles. The van der Waals surface area contributed by atoms with Gasteiger partial charge >= 0.3 is 0 Å². The molecule has 0 aromatic heterocycles. The van der Waals surface area contributed by atoms with E-state index in [9.17, 15) is 0 Å². The van der Waals surface area contributed by atoms with E-state index in [2.05, 4.69) is 254 Å². The lowest BCUT2D eigenvalue weighted by molar-refractivity contribution is 1.28. The first-order valence-electron chi connectivity index (χ1n) is 20.2. The molecule has 1 heteroatoms. The molecule has 10 aromatic rings. The summed E-state index contributed by atoms with van der Waals surface area (Å²) < 4.78 is 0. The number of anilines is 3. The van der Waals surface area contributed by atoms with Gasteiger partial charge in [-0.25, -0.2) is 0 Å². The molecule has 278 valence electrons. The number of para-hydroxylation sites is 1. The molecule has 0 bridgehead atoms. The first kappa shape index (κ1) is 35.7. The van der Waals surface area contributed by atoms with Gasteiger partial charge in [-0.1, -0.05) is 212 Å². The maximum absolute atomic E-state index is 2.39. The molecular formula is C58H41N. The van der Waals surface area contributed by atoms with Crippen molar-refractivity contribution in [3.63, 3.8) is 0 Å². The Balaban J connectivity index is 1.03. The van der Waals surface area contributed by atoms with Crippen LogP contribution in [0.25, 0.3) is 77.5 Å². The highest BCUT2D eigenvalue weighted by molar-refractivity contribution is 5.98. The molecular weight excluding hydrogens is 711 g/mol. The lowest BCUT2D eigenvalue weighted by Crippen LogP contribution is -2.11. The molecule has 0 amide bonds. The SMILES string of the molecule is c1ccc(-c2ccc(-c3ccc(N(c4ccc(-c5ccc(-c6ccccc6)cc5)cc4)c4ccccc4-c4cccc(-c5cccc6ccccc56)c4)cc3)cc2)cc1. The van der Waals surface area contributed by atoms with Crippen LogP contribution in [0.2, 0.25) is 0 Å². The van der Waals surface area contributed by atoms with Gasteiger partial charge in [0, 0.05) is 16.9 Å². The minimum Gasteiger partial charge on any atom is -0.310 e. The van der Waals surface area contributed by atoms with E-state index >= 15 is 0 Å². The Hall–Kier alpha value is -7.74. The van der Waals surface area contributed by atoms with Crippen LogP contribution in [0.1, 0.15) is 0 Å². The predicted octanol–water partition coefficient (Wildman–Crippen LogP) is 16.3. The zero-order chi connectivity index (χ0) is 39.4. The van der Waals surface area contributed by atoms with Crippen molar-refractivity contribution >= 4 is 27.8 Å². The zero-order valence-electron chi connectivity index (χ0n) is 32.6. The summed E-state index contributed by atoms with van der Waals surface area (Å²) in [6.45, 7) is 0. The van der Waals surface area contributed by atoms with Crippen LogP contribution in [0, 0.1) is 0 Å². The molecule has 0 aliphatic rings. The Morgan fingerprint density at radius 3 is 1.08 bits per heavy atom. The molecule has 0 fully saturated rings. The van der Waals surface area contributed by atoms with E-state index in [0.29, 0.717) is 0 Å². The summed E-state index contributed by atoms with van der Waals surface area (Å²) in [5, 5.41) is 2.50. The van der Waals surface area contributed by atoms with Crippen molar-refractivity contribution in [3.8, 4) is 66.8 Å². The summed E-state index contributed by atoms with van der Waals surface area (Å²) >= 11 is 0. The highest BCUT2D eigenvalue weighted by Crippen LogP contribution is 2.43. The van der Waals surface area contributed by atoms with E-state index < -0.39 is 0 Å². The molecule has 0 atom stereocenters. The maximum Gasteiger partial charge on any atom is 0.0540 e. The first-order valence-corrected chi connectivity index (χ1v) is 20.2. The van der Waals surface area contributed by atoms with Crippen molar-refractivity contribution in [3.05, 3.63) is 249 Å². The van der Waals surface area contributed by atoms with Crippen LogP contribution < -0.4 is 4.90 Å². The van der Waals surface area contributed by atoms with Gasteiger partial charge in [-0.15, -0.1) is 0 Å². The molecule has 1 nitrogen and oxygen atoms in total. The molecule has 0 aliphatic heterocycles. The standard InChI is InChI=1S/C58H41N/c1-3-13-42(14-4-1)44-25-29-46(30-26-44)48-33-37-53(38-34-48)59(54-39-35-49(36-40-54)47-31-27-45(28-32-47)43-15-5-2-6-16-43)58-24-10-9-22-57(58)52-20-11-19-51(41-52)56-23-12-18-50-17-7-8-21-55(50)56/h1-41H. The third-order valence-corrected chi connectivity index (χ3v) is 11.3. The number of rotatable bonds is 9. The van der Waals surface area contributed by atoms with Gasteiger partial charge in [-0.05, 0) is 108 Å². The smallest absolute Gasteiger partial charge is 0.0540 e. The second kappa shape index (κ2) is 16.0. The van der Waals surface area contributed by atoms with Crippen molar-refractivity contribution in [2.24, 2.45) is 0 Å². The summed E-state index contributed by atoms with van der Waals surface area (Å²) in [5.74, 6) is 0. The van der Waals surface area contributed by atoms with E-state index in [-0.39, 0.29) is 0 Å². The monoisotopic (exact) mass is 751 g/mol. The van der Waals surface area contributed by atoms with E-state index in [1.807, 2.05) is 0 Å². The van der Waals surface area contributed by atoms with Crippen LogP contribution in [-0.2, 0) is 0 Å². The fourth-order valence-corrected chi connectivity index (χ4v) is 8.25. The maximum atomic E-state index is 2.39.